The highest BCUT2D eigenvalue weighted by atomic mass is 16.5. The second-order valence-corrected chi connectivity index (χ2v) is 9.67. The van der Waals surface area contributed by atoms with Crippen LogP contribution < -0.4 is 4.74 Å². The minimum atomic E-state index is -0.600. The lowest BCUT2D eigenvalue weighted by Crippen LogP contribution is -2.40. The fourth-order valence-electron chi connectivity index (χ4n) is 5.26. The molecule has 0 aromatic heterocycles. The number of Topliss-reactive ketones (excluding diaryl/α,β-unsaturated/α-hetero) is 1. The van der Waals surface area contributed by atoms with Crippen LogP contribution in [0.3, 0.4) is 0 Å². The maximum atomic E-state index is 13.3. The molecular weight excluding hydrogens is 438 g/mol. The van der Waals surface area contributed by atoms with E-state index >= 15 is 0 Å². The highest BCUT2D eigenvalue weighted by Crippen LogP contribution is 2.43. The molecule has 0 bridgehead atoms. The zero-order chi connectivity index (χ0) is 24.8. The lowest BCUT2D eigenvalue weighted by Gasteiger charge is -2.35. The molecule has 0 spiro atoms. The maximum Gasteiger partial charge on any atom is 0.295 e. The highest BCUT2D eigenvalue weighted by molar-refractivity contribution is 6.46. The summed E-state index contributed by atoms with van der Waals surface area (Å²) >= 11 is 0. The van der Waals surface area contributed by atoms with Crippen LogP contribution in [-0.2, 0) is 16.0 Å². The standard InChI is InChI=1S/C30H37NO4/c1-3-5-9-20-35-25-18-16-23(17-19-25)28(32)26-27(22-14-12-21(4-2)13-15-22)31(30(34)29(26)33)24-10-7-6-8-11-24/h12-19,24,27,32H,3-11,20H2,1-2H3/b28-26-. The number of aliphatic hydroxyl groups excluding tert-OH is 1. The van der Waals surface area contributed by atoms with E-state index in [-0.39, 0.29) is 17.4 Å². The van der Waals surface area contributed by atoms with Crippen molar-refractivity contribution in [1.29, 1.82) is 0 Å². The number of amides is 1. The van der Waals surface area contributed by atoms with Gasteiger partial charge in [-0.15, -0.1) is 0 Å². The molecule has 1 aliphatic carbocycles. The number of aryl methyl sites for hydroxylation is 1. The van der Waals surface area contributed by atoms with Gasteiger partial charge in [0.25, 0.3) is 11.7 Å². The third-order valence-electron chi connectivity index (χ3n) is 7.30. The number of unbranched alkanes of at least 4 members (excludes halogenated alkanes) is 2. The fourth-order valence-corrected chi connectivity index (χ4v) is 5.26. The summed E-state index contributed by atoms with van der Waals surface area (Å²) in [6.45, 7) is 4.90. The number of ketones is 1. The summed E-state index contributed by atoms with van der Waals surface area (Å²) in [5.74, 6) is -0.493. The number of carbonyl (C=O) groups is 2. The molecule has 1 aliphatic heterocycles. The first kappa shape index (κ1) is 25.0. The Kier molecular flexibility index (Phi) is 8.27. The topological polar surface area (TPSA) is 66.8 Å². The molecule has 35 heavy (non-hydrogen) atoms. The van der Waals surface area contributed by atoms with E-state index in [0.717, 1.165) is 69.1 Å². The molecule has 2 aromatic carbocycles. The first-order valence-corrected chi connectivity index (χ1v) is 13.2. The number of rotatable bonds is 9. The van der Waals surface area contributed by atoms with Gasteiger partial charge in [-0.05, 0) is 61.1 Å². The molecule has 1 amide bonds. The van der Waals surface area contributed by atoms with Gasteiger partial charge in [0.1, 0.15) is 11.5 Å². The van der Waals surface area contributed by atoms with Crippen LogP contribution in [0.15, 0.2) is 54.1 Å². The molecule has 186 valence electrons. The molecule has 0 radical (unpaired) electrons. The van der Waals surface area contributed by atoms with Gasteiger partial charge in [-0.25, -0.2) is 0 Å². The SMILES string of the molecule is CCCCCOc1ccc(/C(O)=C2/C(=O)C(=O)N(C3CCCCC3)C2c2ccc(CC)cc2)cc1. The number of benzene rings is 2. The van der Waals surface area contributed by atoms with Gasteiger partial charge in [0.2, 0.25) is 0 Å². The van der Waals surface area contributed by atoms with Crippen molar-refractivity contribution in [1.82, 2.24) is 4.90 Å². The summed E-state index contributed by atoms with van der Waals surface area (Å²) in [7, 11) is 0. The Hall–Kier alpha value is -3.08. The normalized spacial score (nSPS) is 20.4. The summed E-state index contributed by atoms with van der Waals surface area (Å²) in [6.07, 6.45) is 9.21. The number of likely N-dealkylation sites (tertiary alicyclic amines) is 1. The second kappa shape index (κ2) is 11.6. The minimum Gasteiger partial charge on any atom is -0.507 e. The van der Waals surface area contributed by atoms with Gasteiger partial charge in [0, 0.05) is 11.6 Å². The van der Waals surface area contributed by atoms with Crippen molar-refractivity contribution in [2.75, 3.05) is 6.61 Å². The second-order valence-electron chi connectivity index (χ2n) is 9.67. The van der Waals surface area contributed by atoms with E-state index in [1.54, 1.807) is 17.0 Å². The maximum absolute atomic E-state index is 13.3. The Morgan fingerprint density at radius 2 is 1.63 bits per heavy atom. The molecule has 2 aromatic rings. The predicted molar refractivity (Wildman–Crippen MR) is 138 cm³/mol. The summed E-state index contributed by atoms with van der Waals surface area (Å²) < 4.78 is 5.79. The Morgan fingerprint density at radius 1 is 0.943 bits per heavy atom. The number of aliphatic hydroxyl groups is 1. The third-order valence-corrected chi connectivity index (χ3v) is 7.30. The van der Waals surface area contributed by atoms with Crippen molar-refractivity contribution < 1.29 is 19.4 Å². The molecule has 1 saturated carbocycles. The van der Waals surface area contributed by atoms with Crippen LogP contribution in [0.5, 0.6) is 5.75 Å². The van der Waals surface area contributed by atoms with Crippen LogP contribution in [-0.4, -0.2) is 34.3 Å². The summed E-state index contributed by atoms with van der Waals surface area (Å²) in [4.78, 5) is 28.4. The molecule has 5 heteroatoms. The molecule has 1 N–H and O–H groups in total. The Morgan fingerprint density at radius 3 is 2.26 bits per heavy atom. The molecular formula is C30H37NO4. The largest absolute Gasteiger partial charge is 0.507 e. The zero-order valence-electron chi connectivity index (χ0n) is 21.0. The average Bonchev–Trinajstić information content (AvgIpc) is 3.17. The highest BCUT2D eigenvalue weighted by Gasteiger charge is 2.48. The van der Waals surface area contributed by atoms with Crippen molar-refractivity contribution >= 4 is 17.4 Å². The van der Waals surface area contributed by atoms with Crippen LogP contribution in [0.25, 0.3) is 5.76 Å². The molecule has 1 unspecified atom stereocenters. The number of nitrogens with zero attached hydrogens (tertiary/aromatic N) is 1. The van der Waals surface area contributed by atoms with Crippen molar-refractivity contribution in [2.45, 2.75) is 83.7 Å². The number of hydrogen-bond acceptors (Lipinski definition) is 4. The van der Waals surface area contributed by atoms with Gasteiger partial charge in [-0.3, -0.25) is 9.59 Å². The van der Waals surface area contributed by atoms with Crippen molar-refractivity contribution in [2.24, 2.45) is 0 Å². The van der Waals surface area contributed by atoms with E-state index in [2.05, 4.69) is 13.8 Å². The first-order chi connectivity index (χ1) is 17.0. The van der Waals surface area contributed by atoms with E-state index < -0.39 is 17.7 Å². The molecule has 1 heterocycles. The van der Waals surface area contributed by atoms with Crippen molar-refractivity contribution in [3.63, 3.8) is 0 Å². The fraction of sp³-hybridized carbons (Fsp3) is 0.467. The molecule has 1 saturated heterocycles. The van der Waals surface area contributed by atoms with Gasteiger partial charge < -0.3 is 14.7 Å². The van der Waals surface area contributed by atoms with E-state index in [1.807, 2.05) is 36.4 Å². The van der Waals surface area contributed by atoms with Gasteiger partial charge in [0.05, 0.1) is 18.2 Å². The quantitative estimate of drug-likeness (QED) is 0.193. The zero-order valence-corrected chi connectivity index (χ0v) is 21.0. The van der Waals surface area contributed by atoms with Crippen molar-refractivity contribution in [3.05, 3.63) is 70.8 Å². The van der Waals surface area contributed by atoms with Gasteiger partial charge in [0.15, 0.2) is 0 Å². The van der Waals surface area contributed by atoms with Crippen LogP contribution >= 0.6 is 0 Å². The van der Waals surface area contributed by atoms with Crippen molar-refractivity contribution in [3.8, 4) is 5.75 Å². The molecule has 5 nitrogen and oxygen atoms in total. The Balaban J connectivity index is 1.69. The molecule has 2 fully saturated rings. The Bertz CT molecular complexity index is 1050. The van der Waals surface area contributed by atoms with E-state index in [0.29, 0.717) is 12.2 Å². The van der Waals surface area contributed by atoms with Gasteiger partial charge in [-0.2, -0.15) is 0 Å². The Labute approximate surface area is 208 Å². The first-order valence-electron chi connectivity index (χ1n) is 13.2. The third kappa shape index (κ3) is 5.44. The van der Waals surface area contributed by atoms with E-state index in [1.165, 1.54) is 5.56 Å². The lowest BCUT2D eigenvalue weighted by atomic mass is 9.90. The monoisotopic (exact) mass is 475 g/mol. The number of ether oxygens (including phenoxy) is 1. The number of hydrogen-bond donors (Lipinski definition) is 1. The molecule has 1 atom stereocenters. The summed E-state index contributed by atoms with van der Waals surface area (Å²) in [6, 6.07) is 14.6. The van der Waals surface area contributed by atoms with Crippen LogP contribution in [0.2, 0.25) is 0 Å². The summed E-state index contributed by atoms with van der Waals surface area (Å²) in [5.41, 5.74) is 2.76. The van der Waals surface area contributed by atoms with Crippen LogP contribution in [0.1, 0.15) is 87.9 Å². The van der Waals surface area contributed by atoms with Gasteiger partial charge >= 0.3 is 0 Å². The molecule has 2 aliphatic rings. The average molecular weight is 476 g/mol. The summed E-state index contributed by atoms with van der Waals surface area (Å²) in [5, 5.41) is 11.3. The minimum absolute atomic E-state index is 0.0141. The molecule has 4 rings (SSSR count). The smallest absolute Gasteiger partial charge is 0.295 e. The van der Waals surface area contributed by atoms with Gasteiger partial charge in [-0.1, -0.05) is 70.2 Å². The van der Waals surface area contributed by atoms with E-state index in [4.69, 9.17) is 4.74 Å². The van der Waals surface area contributed by atoms with Crippen LogP contribution in [0.4, 0.5) is 0 Å². The number of carbonyl (C=O) groups excluding carboxylic acids is 2. The van der Waals surface area contributed by atoms with E-state index in [9.17, 15) is 14.7 Å². The lowest BCUT2D eigenvalue weighted by molar-refractivity contribution is -0.141. The van der Waals surface area contributed by atoms with Crippen LogP contribution in [0, 0.1) is 0 Å². The predicted octanol–water partition coefficient (Wildman–Crippen LogP) is 6.57.